The average molecular weight is 404 g/mol. The van der Waals surface area contributed by atoms with Crippen LogP contribution in [0.3, 0.4) is 0 Å². The van der Waals surface area contributed by atoms with Gasteiger partial charge in [0.05, 0.1) is 7.11 Å². The highest BCUT2D eigenvalue weighted by atomic mass is 16.5. The molecule has 0 heterocycles. The van der Waals surface area contributed by atoms with Gasteiger partial charge in [-0.05, 0) is 67.4 Å². The summed E-state index contributed by atoms with van der Waals surface area (Å²) in [6.45, 7) is 3.72. The molecule has 0 saturated heterocycles. The van der Waals surface area contributed by atoms with Crippen molar-refractivity contribution in [2.24, 2.45) is 0 Å². The van der Waals surface area contributed by atoms with E-state index >= 15 is 0 Å². The van der Waals surface area contributed by atoms with Crippen molar-refractivity contribution in [2.75, 3.05) is 24.4 Å². The first kappa shape index (κ1) is 20.9. The monoisotopic (exact) mass is 404 g/mol. The topological polar surface area (TPSA) is 76.7 Å². The van der Waals surface area contributed by atoms with Crippen LogP contribution in [0.25, 0.3) is 0 Å². The second-order valence-electron chi connectivity index (χ2n) is 6.90. The summed E-state index contributed by atoms with van der Waals surface area (Å²) in [5, 5.41) is 5.60. The molecule has 0 aliphatic rings. The van der Waals surface area contributed by atoms with Crippen LogP contribution in [0.2, 0.25) is 0 Å². The lowest BCUT2D eigenvalue weighted by Gasteiger charge is -2.12. The van der Waals surface area contributed by atoms with Crippen molar-refractivity contribution in [1.82, 2.24) is 0 Å². The van der Waals surface area contributed by atoms with Gasteiger partial charge in [0.15, 0.2) is 18.1 Å². The molecule has 154 valence electrons. The first-order valence-corrected chi connectivity index (χ1v) is 9.50. The van der Waals surface area contributed by atoms with E-state index in [1.165, 1.54) is 0 Å². The molecule has 0 aliphatic heterocycles. The minimum atomic E-state index is -0.339. The summed E-state index contributed by atoms with van der Waals surface area (Å²) < 4.78 is 10.8. The van der Waals surface area contributed by atoms with Crippen molar-refractivity contribution >= 4 is 23.2 Å². The van der Waals surface area contributed by atoms with Gasteiger partial charge in [0.1, 0.15) is 0 Å². The van der Waals surface area contributed by atoms with Gasteiger partial charge in [-0.15, -0.1) is 0 Å². The highest BCUT2D eigenvalue weighted by Gasteiger charge is 2.11. The van der Waals surface area contributed by atoms with Gasteiger partial charge in [-0.2, -0.15) is 0 Å². The van der Waals surface area contributed by atoms with Crippen LogP contribution in [-0.4, -0.2) is 25.5 Å². The van der Waals surface area contributed by atoms with E-state index in [9.17, 15) is 9.59 Å². The Hall–Kier alpha value is -3.80. The van der Waals surface area contributed by atoms with Crippen molar-refractivity contribution in [3.05, 3.63) is 83.4 Å². The van der Waals surface area contributed by atoms with Gasteiger partial charge in [0.2, 0.25) is 0 Å². The molecule has 0 radical (unpaired) electrons. The van der Waals surface area contributed by atoms with E-state index in [-0.39, 0.29) is 18.4 Å². The number of carbonyl (C=O) groups excluding carboxylic acids is 2. The quantitative estimate of drug-likeness (QED) is 0.604. The summed E-state index contributed by atoms with van der Waals surface area (Å²) in [5.41, 5.74) is 3.75. The lowest BCUT2D eigenvalue weighted by molar-refractivity contribution is -0.118. The third kappa shape index (κ3) is 5.61. The minimum Gasteiger partial charge on any atom is -0.493 e. The van der Waals surface area contributed by atoms with E-state index in [1.54, 1.807) is 37.4 Å². The summed E-state index contributed by atoms with van der Waals surface area (Å²) in [7, 11) is 1.55. The van der Waals surface area contributed by atoms with Gasteiger partial charge < -0.3 is 20.1 Å². The van der Waals surface area contributed by atoms with Crippen LogP contribution in [-0.2, 0) is 4.79 Å². The molecule has 3 rings (SSSR count). The van der Waals surface area contributed by atoms with Gasteiger partial charge in [-0.25, -0.2) is 0 Å². The Bertz CT molecular complexity index is 1060. The van der Waals surface area contributed by atoms with Crippen LogP contribution >= 0.6 is 0 Å². The molecule has 0 atom stereocenters. The van der Waals surface area contributed by atoms with Crippen molar-refractivity contribution in [3.8, 4) is 11.5 Å². The van der Waals surface area contributed by atoms with E-state index in [4.69, 9.17) is 9.47 Å². The highest BCUT2D eigenvalue weighted by molar-refractivity contribution is 6.05. The van der Waals surface area contributed by atoms with Crippen LogP contribution in [0, 0.1) is 13.8 Å². The number of methoxy groups -OCH3 is 1. The molecule has 0 aliphatic carbocycles. The molecule has 0 fully saturated rings. The van der Waals surface area contributed by atoms with E-state index < -0.39 is 0 Å². The van der Waals surface area contributed by atoms with E-state index in [0.717, 1.165) is 16.8 Å². The van der Waals surface area contributed by atoms with Gasteiger partial charge in [0.25, 0.3) is 11.8 Å². The smallest absolute Gasteiger partial charge is 0.262 e. The number of hydrogen-bond acceptors (Lipinski definition) is 4. The molecule has 0 saturated carbocycles. The predicted molar refractivity (Wildman–Crippen MR) is 117 cm³/mol. The second kappa shape index (κ2) is 9.60. The summed E-state index contributed by atoms with van der Waals surface area (Å²) >= 11 is 0. The molecule has 6 nitrogen and oxygen atoms in total. The molecule has 0 spiro atoms. The molecule has 6 heteroatoms. The maximum absolute atomic E-state index is 12.5. The maximum atomic E-state index is 12.5. The predicted octanol–water partition coefficient (Wildman–Crippen LogP) is 4.58. The number of amides is 2. The van der Waals surface area contributed by atoms with Crippen LogP contribution in [0.5, 0.6) is 11.5 Å². The molecule has 3 aromatic carbocycles. The third-order valence-corrected chi connectivity index (χ3v) is 4.36. The number of rotatable bonds is 7. The molecule has 0 unspecified atom stereocenters. The zero-order valence-electron chi connectivity index (χ0n) is 17.2. The van der Waals surface area contributed by atoms with Crippen molar-refractivity contribution in [2.45, 2.75) is 13.8 Å². The zero-order valence-corrected chi connectivity index (χ0v) is 17.2. The Kier molecular flexibility index (Phi) is 6.70. The van der Waals surface area contributed by atoms with Gasteiger partial charge >= 0.3 is 0 Å². The lowest BCUT2D eigenvalue weighted by Crippen LogP contribution is -2.20. The Balaban J connectivity index is 1.60. The summed E-state index contributed by atoms with van der Waals surface area (Å²) in [6.07, 6.45) is 0. The summed E-state index contributed by atoms with van der Waals surface area (Å²) in [5.74, 6) is 0.466. The summed E-state index contributed by atoms with van der Waals surface area (Å²) in [4.78, 5) is 24.8. The first-order chi connectivity index (χ1) is 14.4. The molecular weight excluding hydrogens is 380 g/mol. The highest BCUT2D eigenvalue weighted by Crippen LogP contribution is 2.27. The molecule has 0 bridgehead atoms. The van der Waals surface area contributed by atoms with Crippen LogP contribution in [0.15, 0.2) is 66.7 Å². The van der Waals surface area contributed by atoms with E-state index in [0.29, 0.717) is 22.7 Å². The average Bonchev–Trinajstić information content (AvgIpc) is 2.73. The summed E-state index contributed by atoms with van der Waals surface area (Å²) in [6, 6.07) is 19.8. The zero-order chi connectivity index (χ0) is 21.5. The SMILES string of the molecule is COc1cc(C)ccc1OCC(=O)Nc1cccc(C(=O)Nc2cccc(C)c2)c1. The molecule has 3 aromatic rings. The molecular formula is C24H24N2O4. The van der Waals surface area contributed by atoms with Gasteiger partial charge in [0, 0.05) is 16.9 Å². The van der Waals surface area contributed by atoms with E-state index in [1.807, 2.05) is 50.2 Å². The van der Waals surface area contributed by atoms with Crippen LogP contribution in [0.4, 0.5) is 11.4 Å². The Morgan fingerprint density at radius 3 is 2.23 bits per heavy atom. The molecule has 2 N–H and O–H groups in total. The fourth-order valence-electron chi connectivity index (χ4n) is 2.90. The minimum absolute atomic E-state index is 0.181. The number of nitrogens with one attached hydrogen (secondary N) is 2. The van der Waals surface area contributed by atoms with Crippen molar-refractivity contribution in [3.63, 3.8) is 0 Å². The Morgan fingerprint density at radius 1 is 0.800 bits per heavy atom. The largest absolute Gasteiger partial charge is 0.493 e. The number of hydrogen-bond donors (Lipinski definition) is 2. The fraction of sp³-hybridized carbons (Fsp3) is 0.167. The maximum Gasteiger partial charge on any atom is 0.262 e. The standard InChI is InChI=1S/C24H24N2O4/c1-16-6-4-8-19(12-16)26-24(28)18-7-5-9-20(14-18)25-23(27)15-30-21-11-10-17(2)13-22(21)29-3/h4-14H,15H2,1-3H3,(H,25,27)(H,26,28). The van der Waals surface area contributed by atoms with Crippen molar-refractivity contribution in [1.29, 1.82) is 0 Å². The van der Waals surface area contributed by atoms with E-state index in [2.05, 4.69) is 10.6 Å². The first-order valence-electron chi connectivity index (χ1n) is 9.50. The van der Waals surface area contributed by atoms with Gasteiger partial charge in [-0.3, -0.25) is 9.59 Å². The van der Waals surface area contributed by atoms with Gasteiger partial charge in [-0.1, -0.05) is 24.3 Å². The normalized spacial score (nSPS) is 10.2. The molecule has 0 aromatic heterocycles. The molecule has 30 heavy (non-hydrogen) atoms. The third-order valence-electron chi connectivity index (χ3n) is 4.36. The fourth-order valence-corrected chi connectivity index (χ4v) is 2.90. The number of carbonyl (C=O) groups is 2. The number of ether oxygens (including phenoxy) is 2. The van der Waals surface area contributed by atoms with Crippen LogP contribution in [0.1, 0.15) is 21.5 Å². The number of benzene rings is 3. The van der Waals surface area contributed by atoms with Crippen LogP contribution < -0.4 is 20.1 Å². The Morgan fingerprint density at radius 2 is 1.50 bits per heavy atom. The Labute approximate surface area is 175 Å². The lowest BCUT2D eigenvalue weighted by atomic mass is 10.1. The number of anilines is 2. The molecule has 2 amide bonds. The van der Waals surface area contributed by atoms with Crippen molar-refractivity contribution < 1.29 is 19.1 Å². The number of aryl methyl sites for hydroxylation is 2. The second-order valence-corrected chi connectivity index (χ2v) is 6.90.